The van der Waals surface area contributed by atoms with E-state index < -0.39 is 0 Å². The highest BCUT2D eigenvalue weighted by Gasteiger charge is 2.03. The quantitative estimate of drug-likeness (QED) is 0.638. The Hall–Kier alpha value is -1.55. The molecule has 0 unspecified atom stereocenters. The van der Waals surface area contributed by atoms with Gasteiger partial charge in [0.2, 0.25) is 0 Å². The molecule has 4 heteroatoms. The van der Waals surface area contributed by atoms with Crippen molar-refractivity contribution in [3.8, 4) is 0 Å². The molecule has 0 fully saturated rings. The molecule has 16 heavy (non-hydrogen) atoms. The lowest BCUT2D eigenvalue weighted by Crippen LogP contribution is -1.93. The van der Waals surface area contributed by atoms with Crippen LogP contribution in [-0.4, -0.2) is 9.97 Å². The molecule has 0 aliphatic carbocycles. The second-order valence-electron chi connectivity index (χ2n) is 3.53. The second-order valence-corrected chi connectivity index (χ2v) is 4.60. The van der Waals surface area contributed by atoms with Gasteiger partial charge in [-0.2, -0.15) is 0 Å². The van der Waals surface area contributed by atoms with Crippen molar-refractivity contribution in [1.82, 2.24) is 9.97 Å². The molecule has 0 saturated heterocycles. The molecule has 0 spiro atoms. The van der Waals surface area contributed by atoms with Crippen molar-refractivity contribution in [2.75, 3.05) is 5.73 Å². The molecule has 0 bridgehead atoms. The van der Waals surface area contributed by atoms with Crippen LogP contribution in [0, 0.1) is 13.8 Å². The third-order valence-electron chi connectivity index (χ3n) is 2.08. The van der Waals surface area contributed by atoms with E-state index in [1.165, 1.54) is 0 Å². The number of aromatic nitrogens is 2. The summed E-state index contributed by atoms with van der Waals surface area (Å²) in [4.78, 5) is 9.64. The minimum absolute atomic E-state index is 0.779. The minimum Gasteiger partial charge on any atom is -0.398 e. The number of benzene rings is 1. The highest BCUT2D eigenvalue weighted by molar-refractivity contribution is 7.99. The third-order valence-corrected chi connectivity index (χ3v) is 3.09. The molecule has 82 valence electrons. The van der Waals surface area contributed by atoms with Crippen LogP contribution in [-0.2, 0) is 0 Å². The van der Waals surface area contributed by atoms with Crippen LogP contribution in [0.15, 0.2) is 40.3 Å². The molecule has 0 aliphatic heterocycles. The summed E-state index contributed by atoms with van der Waals surface area (Å²) in [5.41, 5.74) is 7.64. The summed E-state index contributed by atoms with van der Waals surface area (Å²) in [5, 5.41) is 0.933. The standard InChI is InChI=1S/C12H13N3S/c1-8-7-12(15-9(2)14-8)16-11-6-4-3-5-10(11)13/h3-7H,13H2,1-2H3. The van der Waals surface area contributed by atoms with Crippen LogP contribution in [0.4, 0.5) is 5.69 Å². The second kappa shape index (κ2) is 4.53. The van der Waals surface area contributed by atoms with Crippen LogP contribution in [0.2, 0.25) is 0 Å². The van der Waals surface area contributed by atoms with Crippen LogP contribution < -0.4 is 5.73 Å². The van der Waals surface area contributed by atoms with Crippen LogP contribution >= 0.6 is 11.8 Å². The van der Waals surface area contributed by atoms with E-state index in [-0.39, 0.29) is 0 Å². The predicted octanol–water partition coefficient (Wildman–Crippen LogP) is 2.83. The van der Waals surface area contributed by atoms with E-state index in [4.69, 9.17) is 5.73 Å². The summed E-state index contributed by atoms with van der Waals surface area (Å²) in [7, 11) is 0. The summed E-state index contributed by atoms with van der Waals surface area (Å²) in [6.07, 6.45) is 0. The Labute approximate surface area is 99.1 Å². The van der Waals surface area contributed by atoms with E-state index in [1.807, 2.05) is 44.2 Å². The molecule has 0 saturated carbocycles. The zero-order chi connectivity index (χ0) is 11.5. The van der Waals surface area contributed by atoms with E-state index in [0.29, 0.717) is 0 Å². The van der Waals surface area contributed by atoms with Gasteiger partial charge in [0, 0.05) is 16.3 Å². The van der Waals surface area contributed by atoms with Gasteiger partial charge in [0.05, 0.1) is 0 Å². The van der Waals surface area contributed by atoms with Crippen molar-refractivity contribution in [3.63, 3.8) is 0 Å². The number of anilines is 1. The van der Waals surface area contributed by atoms with Crippen LogP contribution in [0.25, 0.3) is 0 Å². The maximum Gasteiger partial charge on any atom is 0.126 e. The fourth-order valence-corrected chi connectivity index (χ4v) is 2.39. The molecule has 0 radical (unpaired) electrons. The van der Waals surface area contributed by atoms with Crippen molar-refractivity contribution in [2.45, 2.75) is 23.8 Å². The van der Waals surface area contributed by atoms with Gasteiger partial charge in [0.1, 0.15) is 10.9 Å². The largest absolute Gasteiger partial charge is 0.398 e. The average Bonchev–Trinajstić information content (AvgIpc) is 2.20. The van der Waals surface area contributed by atoms with Gasteiger partial charge in [0.25, 0.3) is 0 Å². The Morgan fingerprint density at radius 3 is 2.56 bits per heavy atom. The first-order valence-corrected chi connectivity index (χ1v) is 5.81. The van der Waals surface area contributed by atoms with Gasteiger partial charge in [-0.3, -0.25) is 0 Å². The first-order valence-electron chi connectivity index (χ1n) is 5.00. The molecular weight excluding hydrogens is 218 g/mol. The molecule has 1 aromatic carbocycles. The van der Waals surface area contributed by atoms with Crippen molar-refractivity contribution < 1.29 is 0 Å². The molecular formula is C12H13N3S. The van der Waals surface area contributed by atoms with Crippen molar-refractivity contribution in [3.05, 3.63) is 41.9 Å². The van der Waals surface area contributed by atoms with E-state index in [1.54, 1.807) is 11.8 Å². The maximum absolute atomic E-state index is 5.88. The van der Waals surface area contributed by atoms with Gasteiger partial charge in [-0.05, 0) is 32.0 Å². The molecule has 2 aromatic rings. The van der Waals surface area contributed by atoms with Gasteiger partial charge in [0.15, 0.2) is 0 Å². The fraction of sp³-hybridized carbons (Fsp3) is 0.167. The fourth-order valence-electron chi connectivity index (χ4n) is 1.42. The Morgan fingerprint density at radius 2 is 1.88 bits per heavy atom. The molecule has 2 N–H and O–H groups in total. The molecule has 1 aromatic heterocycles. The van der Waals surface area contributed by atoms with Gasteiger partial charge in [-0.15, -0.1) is 0 Å². The van der Waals surface area contributed by atoms with Gasteiger partial charge < -0.3 is 5.73 Å². The summed E-state index contributed by atoms with van der Waals surface area (Å²) >= 11 is 1.57. The molecule has 3 nitrogen and oxygen atoms in total. The smallest absolute Gasteiger partial charge is 0.126 e. The lowest BCUT2D eigenvalue weighted by atomic mass is 10.3. The number of aryl methyl sites for hydroxylation is 2. The highest BCUT2D eigenvalue weighted by Crippen LogP contribution is 2.30. The molecule has 0 amide bonds. The van der Waals surface area contributed by atoms with E-state index in [2.05, 4.69) is 9.97 Å². The summed E-state index contributed by atoms with van der Waals surface area (Å²) in [5.74, 6) is 0.789. The lowest BCUT2D eigenvalue weighted by Gasteiger charge is -2.05. The van der Waals surface area contributed by atoms with Gasteiger partial charge in [-0.25, -0.2) is 9.97 Å². The Balaban J connectivity index is 2.30. The Morgan fingerprint density at radius 1 is 1.12 bits per heavy atom. The summed E-state index contributed by atoms with van der Waals surface area (Å²) in [6.45, 7) is 3.86. The minimum atomic E-state index is 0.779. The monoisotopic (exact) mass is 231 g/mol. The first kappa shape index (κ1) is 11.0. The Bertz CT molecular complexity index is 491. The van der Waals surface area contributed by atoms with Crippen molar-refractivity contribution >= 4 is 17.4 Å². The molecule has 2 rings (SSSR count). The number of hydrogen-bond acceptors (Lipinski definition) is 4. The van der Waals surface area contributed by atoms with E-state index in [9.17, 15) is 0 Å². The van der Waals surface area contributed by atoms with Gasteiger partial charge >= 0.3 is 0 Å². The highest BCUT2D eigenvalue weighted by atomic mass is 32.2. The number of nitrogens with two attached hydrogens (primary N) is 1. The topological polar surface area (TPSA) is 51.8 Å². The first-order chi connectivity index (χ1) is 7.65. The number of nitrogen functional groups attached to an aromatic ring is 1. The lowest BCUT2D eigenvalue weighted by molar-refractivity contribution is 0.936. The van der Waals surface area contributed by atoms with Crippen LogP contribution in [0.1, 0.15) is 11.5 Å². The zero-order valence-corrected chi connectivity index (χ0v) is 10.1. The molecule has 1 heterocycles. The number of para-hydroxylation sites is 1. The van der Waals surface area contributed by atoms with Crippen molar-refractivity contribution in [2.24, 2.45) is 0 Å². The number of nitrogens with zero attached hydrogens (tertiary/aromatic N) is 2. The third kappa shape index (κ3) is 2.52. The zero-order valence-electron chi connectivity index (χ0n) is 9.27. The molecule has 0 aliphatic rings. The maximum atomic E-state index is 5.88. The normalized spacial score (nSPS) is 10.4. The SMILES string of the molecule is Cc1cc(Sc2ccccc2N)nc(C)n1. The number of rotatable bonds is 2. The van der Waals surface area contributed by atoms with E-state index in [0.717, 1.165) is 27.1 Å². The van der Waals surface area contributed by atoms with Gasteiger partial charge in [-0.1, -0.05) is 23.9 Å². The predicted molar refractivity (Wildman–Crippen MR) is 66.5 cm³/mol. The van der Waals surface area contributed by atoms with E-state index >= 15 is 0 Å². The summed E-state index contributed by atoms with van der Waals surface area (Å²) < 4.78 is 0. The Kier molecular flexibility index (Phi) is 3.10. The van der Waals surface area contributed by atoms with Crippen molar-refractivity contribution in [1.29, 1.82) is 0 Å². The average molecular weight is 231 g/mol. The molecule has 0 atom stereocenters. The van der Waals surface area contributed by atoms with Crippen LogP contribution in [0.5, 0.6) is 0 Å². The number of hydrogen-bond donors (Lipinski definition) is 1. The summed E-state index contributed by atoms with van der Waals surface area (Å²) in [6, 6.07) is 9.75. The van der Waals surface area contributed by atoms with Crippen LogP contribution in [0.3, 0.4) is 0 Å².